The summed E-state index contributed by atoms with van der Waals surface area (Å²) in [7, 11) is 3.87. The maximum Gasteiger partial charge on any atom is 0.271 e. The molecule has 1 amide bonds. The minimum atomic E-state index is -0.189. The molecule has 0 saturated carbocycles. The average molecular weight is 397 g/mol. The third kappa shape index (κ3) is 5.07. The van der Waals surface area contributed by atoms with Gasteiger partial charge in [0.05, 0.1) is 6.10 Å². The molecule has 0 fully saturated rings. The van der Waals surface area contributed by atoms with Gasteiger partial charge in [0.1, 0.15) is 22.3 Å². The second-order valence-electron chi connectivity index (χ2n) is 6.83. The van der Waals surface area contributed by atoms with Crippen LogP contribution in [0.2, 0.25) is 0 Å². The summed E-state index contributed by atoms with van der Waals surface area (Å²) in [6.45, 7) is 4.41. The number of carbonyl (C=O) groups excluding carboxylic acids is 1. The smallest absolute Gasteiger partial charge is 0.271 e. The Bertz CT molecular complexity index is 936. The summed E-state index contributed by atoms with van der Waals surface area (Å²) >= 11 is 1.45. The predicted octanol–water partition coefficient (Wildman–Crippen LogP) is 3.99. The molecule has 0 spiro atoms. The van der Waals surface area contributed by atoms with Crippen LogP contribution in [0.1, 0.15) is 29.9 Å². The Kier molecular flexibility index (Phi) is 6.26. The van der Waals surface area contributed by atoms with Crippen molar-refractivity contribution in [2.75, 3.05) is 19.0 Å². The molecule has 6 nitrogen and oxygen atoms in total. The number of carbonyl (C=O) groups is 1. The lowest BCUT2D eigenvalue weighted by Gasteiger charge is -2.12. The number of benzene rings is 1. The van der Waals surface area contributed by atoms with Crippen molar-refractivity contribution < 1.29 is 9.53 Å². The van der Waals surface area contributed by atoms with Gasteiger partial charge >= 0.3 is 0 Å². The number of anilines is 1. The second kappa shape index (κ2) is 8.84. The first-order valence-electron chi connectivity index (χ1n) is 9.05. The topological polar surface area (TPSA) is 67.3 Å². The Morgan fingerprint density at radius 1 is 1.21 bits per heavy atom. The van der Waals surface area contributed by atoms with Crippen LogP contribution in [0.25, 0.3) is 10.6 Å². The number of aromatic nitrogens is 2. The average Bonchev–Trinajstić information content (AvgIpc) is 3.17. The van der Waals surface area contributed by atoms with Crippen LogP contribution in [0.4, 0.5) is 5.82 Å². The first kappa shape index (κ1) is 19.8. The van der Waals surface area contributed by atoms with Gasteiger partial charge in [0.2, 0.25) is 0 Å². The van der Waals surface area contributed by atoms with Crippen LogP contribution in [0.5, 0.6) is 5.75 Å². The summed E-state index contributed by atoms with van der Waals surface area (Å²) < 4.78 is 5.66. The van der Waals surface area contributed by atoms with E-state index in [1.165, 1.54) is 11.3 Å². The van der Waals surface area contributed by atoms with Crippen molar-refractivity contribution in [2.45, 2.75) is 26.5 Å². The monoisotopic (exact) mass is 396 g/mol. The summed E-state index contributed by atoms with van der Waals surface area (Å²) in [5.41, 5.74) is 2.37. The van der Waals surface area contributed by atoms with Crippen LogP contribution in [0, 0.1) is 0 Å². The highest BCUT2D eigenvalue weighted by molar-refractivity contribution is 7.13. The molecule has 2 aromatic heterocycles. The fourth-order valence-electron chi connectivity index (χ4n) is 2.55. The van der Waals surface area contributed by atoms with E-state index in [0.717, 1.165) is 27.7 Å². The van der Waals surface area contributed by atoms with Crippen LogP contribution >= 0.6 is 11.3 Å². The zero-order chi connectivity index (χ0) is 20.1. The third-order valence-corrected chi connectivity index (χ3v) is 4.82. The lowest BCUT2D eigenvalue weighted by Crippen LogP contribution is -2.23. The van der Waals surface area contributed by atoms with E-state index in [1.807, 2.05) is 69.2 Å². The molecular formula is C21H24N4O2S. The van der Waals surface area contributed by atoms with E-state index in [0.29, 0.717) is 12.2 Å². The van der Waals surface area contributed by atoms with Crippen molar-refractivity contribution in [2.24, 2.45) is 0 Å². The molecule has 0 atom stereocenters. The van der Waals surface area contributed by atoms with E-state index < -0.39 is 0 Å². The maximum absolute atomic E-state index is 12.4. The molecule has 7 heteroatoms. The van der Waals surface area contributed by atoms with Crippen LogP contribution in [0.3, 0.4) is 0 Å². The quantitative estimate of drug-likeness (QED) is 0.654. The highest BCUT2D eigenvalue weighted by Gasteiger charge is 2.12. The zero-order valence-electron chi connectivity index (χ0n) is 16.5. The molecule has 2 heterocycles. The number of nitrogens with one attached hydrogen (secondary N) is 1. The van der Waals surface area contributed by atoms with E-state index >= 15 is 0 Å². The summed E-state index contributed by atoms with van der Waals surface area (Å²) in [6.07, 6.45) is 1.87. The molecule has 3 rings (SSSR count). The SMILES string of the molecule is CC(C)Oc1ccc(-c2nc(C(=O)NCc3ccnc(N(C)C)c3)cs2)cc1. The van der Waals surface area contributed by atoms with E-state index in [2.05, 4.69) is 15.3 Å². The summed E-state index contributed by atoms with van der Waals surface area (Å²) in [4.78, 5) is 23.1. The lowest BCUT2D eigenvalue weighted by atomic mass is 10.2. The van der Waals surface area contributed by atoms with Gasteiger partial charge in [0, 0.05) is 37.8 Å². The fraction of sp³-hybridized carbons (Fsp3) is 0.286. The Morgan fingerprint density at radius 3 is 2.64 bits per heavy atom. The number of hydrogen-bond acceptors (Lipinski definition) is 6. The Labute approximate surface area is 169 Å². The number of thiazole rings is 1. The minimum absolute atomic E-state index is 0.134. The van der Waals surface area contributed by atoms with Gasteiger partial charge < -0.3 is 15.0 Å². The third-order valence-electron chi connectivity index (χ3n) is 3.93. The second-order valence-corrected chi connectivity index (χ2v) is 7.69. The molecule has 146 valence electrons. The number of nitrogens with zero attached hydrogens (tertiary/aromatic N) is 3. The van der Waals surface area contributed by atoms with E-state index in [-0.39, 0.29) is 12.0 Å². The van der Waals surface area contributed by atoms with Crippen LogP contribution in [-0.2, 0) is 6.54 Å². The molecule has 0 unspecified atom stereocenters. The molecule has 0 aliphatic carbocycles. The number of pyridine rings is 1. The molecule has 3 aromatic rings. The van der Waals surface area contributed by atoms with Crippen molar-refractivity contribution in [3.05, 3.63) is 59.2 Å². The first-order chi connectivity index (χ1) is 13.4. The Morgan fingerprint density at radius 2 is 1.96 bits per heavy atom. The van der Waals surface area contributed by atoms with E-state index in [4.69, 9.17) is 4.74 Å². The van der Waals surface area contributed by atoms with Gasteiger partial charge in [-0.25, -0.2) is 9.97 Å². The maximum atomic E-state index is 12.4. The fourth-order valence-corrected chi connectivity index (χ4v) is 3.35. The van der Waals surface area contributed by atoms with Crippen molar-refractivity contribution >= 4 is 23.1 Å². The van der Waals surface area contributed by atoms with E-state index in [1.54, 1.807) is 11.6 Å². The van der Waals surface area contributed by atoms with Crippen LogP contribution in [-0.4, -0.2) is 36.1 Å². The molecule has 0 radical (unpaired) electrons. The highest BCUT2D eigenvalue weighted by atomic mass is 32.1. The zero-order valence-corrected chi connectivity index (χ0v) is 17.3. The van der Waals surface area contributed by atoms with E-state index in [9.17, 15) is 4.79 Å². The number of ether oxygens (including phenoxy) is 1. The summed E-state index contributed by atoms with van der Waals surface area (Å²) in [5, 5.41) is 5.50. The van der Waals surface area contributed by atoms with Crippen molar-refractivity contribution in [1.82, 2.24) is 15.3 Å². The summed E-state index contributed by atoms with van der Waals surface area (Å²) in [5.74, 6) is 1.49. The van der Waals surface area contributed by atoms with Gasteiger partial charge in [-0.2, -0.15) is 0 Å². The van der Waals surface area contributed by atoms with Gasteiger partial charge in [-0.1, -0.05) is 0 Å². The van der Waals surface area contributed by atoms with Gasteiger partial charge in [0.25, 0.3) is 5.91 Å². The molecule has 0 aliphatic rings. The van der Waals surface area contributed by atoms with Gasteiger partial charge in [-0.05, 0) is 55.8 Å². The largest absolute Gasteiger partial charge is 0.491 e. The number of amides is 1. The molecule has 28 heavy (non-hydrogen) atoms. The Hall–Kier alpha value is -2.93. The molecule has 0 bridgehead atoms. The molecular weight excluding hydrogens is 372 g/mol. The predicted molar refractivity (Wildman–Crippen MR) is 113 cm³/mol. The van der Waals surface area contributed by atoms with Crippen LogP contribution < -0.4 is 15.0 Å². The van der Waals surface area contributed by atoms with Crippen molar-refractivity contribution in [3.63, 3.8) is 0 Å². The van der Waals surface area contributed by atoms with Crippen molar-refractivity contribution in [3.8, 4) is 16.3 Å². The van der Waals surface area contributed by atoms with Gasteiger partial charge in [-0.3, -0.25) is 4.79 Å². The normalized spacial score (nSPS) is 10.8. The number of hydrogen-bond donors (Lipinski definition) is 1. The van der Waals surface area contributed by atoms with Gasteiger partial charge in [0.15, 0.2) is 0 Å². The minimum Gasteiger partial charge on any atom is -0.491 e. The van der Waals surface area contributed by atoms with Gasteiger partial charge in [-0.15, -0.1) is 11.3 Å². The molecule has 0 saturated heterocycles. The molecule has 0 aliphatic heterocycles. The number of rotatable bonds is 7. The summed E-state index contributed by atoms with van der Waals surface area (Å²) in [6, 6.07) is 11.6. The molecule has 1 aromatic carbocycles. The first-order valence-corrected chi connectivity index (χ1v) is 9.93. The molecule has 1 N–H and O–H groups in total. The standard InChI is InChI=1S/C21H24N4O2S/c1-14(2)27-17-7-5-16(6-8-17)21-24-18(13-28-21)20(26)23-12-15-9-10-22-19(11-15)25(3)4/h5-11,13-14H,12H2,1-4H3,(H,23,26). The highest BCUT2D eigenvalue weighted by Crippen LogP contribution is 2.26. The van der Waals surface area contributed by atoms with Crippen LogP contribution in [0.15, 0.2) is 48.0 Å². The van der Waals surface area contributed by atoms with Crippen molar-refractivity contribution in [1.29, 1.82) is 0 Å². The lowest BCUT2D eigenvalue weighted by molar-refractivity contribution is 0.0946. The Balaban J connectivity index is 1.63.